The van der Waals surface area contributed by atoms with E-state index in [-0.39, 0.29) is 26.1 Å². The van der Waals surface area contributed by atoms with E-state index >= 15 is 0 Å². The second kappa shape index (κ2) is 53.0. The number of carbonyl (C=O) groups is 2. The smallest absolute Gasteiger partial charge is 0.306 e. The molecular weight excluding hydrogens is 918 g/mol. The molecule has 0 rings (SSSR count). The predicted octanol–water partition coefficient (Wildman–Crippen LogP) is 17.6. The molecule has 0 aliphatic carbocycles. The van der Waals surface area contributed by atoms with Crippen LogP contribution in [0.3, 0.4) is 0 Å². The van der Waals surface area contributed by atoms with Gasteiger partial charge in [0, 0.05) is 12.8 Å². The number of allylic oxidation sites excluding steroid dienone is 14. The third kappa shape index (κ3) is 56.5. The summed E-state index contributed by atoms with van der Waals surface area (Å²) in [5, 5.41) is 0. The zero-order valence-corrected chi connectivity index (χ0v) is 48.0. The first-order chi connectivity index (χ1) is 35.0. The number of phosphoric acid groups is 1. The van der Waals surface area contributed by atoms with Gasteiger partial charge in [0.15, 0.2) is 6.10 Å². The number of phosphoric ester groups is 1. The molecule has 0 spiro atoms. The Morgan fingerprint density at radius 3 is 1.19 bits per heavy atom. The first kappa shape index (κ1) is 69.2. The van der Waals surface area contributed by atoms with Gasteiger partial charge in [0.25, 0.3) is 7.82 Å². The molecule has 0 aromatic heterocycles. The zero-order valence-electron chi connectivity index (χ0n) is 47.1. The van der Waals surface area contributed by atoms with E-state index in [1.54, 1.807) is 0 Å². The summed E-state index contributed by atoms with van der Waals surface area (Å²) < 4.78 is 34.1. The molecule has 0 radical (unpaired) electrons. The van der Waals surface area contributed by atoms with E-state index < -0.39 is 32.5 Å². The van der Waals surface area contributed by atoms with Gasteiger partial charge in [-0.05, 0) is 89.9 Å². The molecule has 0 aromatic carbocycles. The monoisotopic (exact) mass is 1030 g/mol. The van der Waals surface area contributed by atoms with Crippen LogP contribution in [0.1, 0.15) is 245 Å². The molecule has 0 aromatic rings. The van der Waals surface area contributed by atoms with Crippen LogP contribution in [-0.4, -0.2) is 70.0 Å². The summed E-state index contributed by atoms with van der Waals surface area (Å²) in [7, 11) is 1.16. The second-order valence-electron chi connectivity index (χ2n) is 20.6. The average molecular weight is 1030 g/mol. The van der Waals surface area contributed by atoms with E-state index in [0.717, 1.165) is 96.3 Å². The zero-order chi connectivity index (χ0) is 52.7. The summed E-state index contributed by atoms with van der Waals surface area (Å²) in [6.45, 7) is 4.12. The molecule has 10 heteroatoms. The highest BCUT2D eigenvalue weighted by atomic mass is 31.2. The summed E-state index contributed by atoms with van der Waals surface area (Å²) in [5.41, 5.74) is 0. The summed E-state index contributed by atoms with van der Waals surface area (Å²) in [5.74, 6) is -0.842. The quantitative estimate of drug-likeness (QED) is 0.0195. The number of hydrogen-bond acceptors (Lipinski definition) is 8. The second-order valence-corrected chi connectivity index (χ2v) is 22.0. The third-order valence-electron chi connectivity index (χ3n) is 12.4. The number of carbonyl (C=O) groups excluding carboxylic acids is 2. The van der Waals surface area contributed by atoms with Crippen LogP contribution < -0.4 is 4.89 Å². The van der Waals surface area contributed by atoms with Crippen LogP contribution in [0, 0.1) is 0 Å². The lowest BCUT2D eigenvalue weighted by Gasteiger charge is -2.28. The minimum Gasteiger partial charge on any atom is -0.756 e. The van der Waals surface area contributed by atoms with E-state index in [1.807, 2.05) is 21.1 Å². The van der Waals surface area contributed by atoms with E-state index in [4.69, 9.17) is 18.5 Å². The molecule has 416 valence electrons. The van der Waals surface area contributed by atoms with Crippen molar-refractivity contribution in [3.63, 3.8) is 0 Å². The Morgan fingerprint density at radius 2 is 0.792 bits per heavy atom. The first-order valence-electron chi connectivity index (χ1n) is 29.3. The van der Waals surface area contributed by atoms with Crippen molar-refractivity contribution in [3.05, 3.63) is 85.1 Å². The van der Waals surface area contributed by atoms with Crippen molar-refractivity contribution in [2.75, 3.05) is 47.5 Å². The molecule has 2 unspecified atom stereocenters. The highest BCUT2D eigenvalue weighted by Gasteiger charge is 2.22. The maximum Gasteiger partial charge on any atom is 0.306 e. The molecule has 0 bridgehead atoms. The van der Waals surface area contributed by atoms with Gasteiger partial charge < -0.3 is 27.9 Å². The van der Waals surface area contributed by atoms with Crippen LogP contribution in [0.5, 0.6) is 0 Å². The molecule has 2 atom stereocenters. The number of nitrogens with zero attached hydrogens (tertiary/aromatic N) is 1. The Bertz CT molecular complexity index is 1490. The molecule has 0 N–H and O–H groups in total. The van der Waals surface area contributed by atoms with Crippen molar-refractivity contribution < 1.29 is 42.1 Å². The van der Waals surface area contributed by atoms with Crippen LogP contribution in [0.2, 0.25) is 0 Å². The van der Waals surface area contributed by atoms with Crippen LogP contribution >= 0.6 is 7.82 Å². The summed E-state index contributed by atoms with van der Waals surface area (Å²) >= 11 is 0. The van der Waals surface area contributed by atoms with Gasteiger partial charge in [0.05, 0.1) is 27.7 Å². The molecule has 0 aliphatic rings. The maximum absolute atomic E-state index is 12.8. The van der Waals surface area contributed by atoms with Crippen LogP contribution in [-0.2, 0) is 32.7 Å². The number of quaternary nitrogens is 1. The first-order valence-corrected chi connectivity index (χ1v) is 30.8. The van der Waals surface area contributed by atoms with Crippen molar-refractivity contribution >= 4 is 19.8 Å². The number of unbranched alkanes of at least 4 members (excludes halogenated alkanes) is 25. The Balaban J connectivity index is 4.09. The average Bonchev–Trinajstić information content (AvgIpc) is 3.34. The highest BCUT2D eigenvalue weighted by Crippen LogP contribution is 2.38. The van der Waals surface area contributed by atoms with Crippen molar-refractivity contribution in [2.24, 2.45) is 0 Å². The fourth-order valence-electron chi connectivity index (χ4n) is 7.89. The van der Waals surface area contributed by atoms with Gasteiger partial charge in [0.1, 0.15) is 19.8 Å². The molecule has 0 heterocycles. The molecule has 0 saturated carbocycles. The largest absolute Gasteiger partial charge is 0.756 e. The predicted molar refractivity (Wildman–Crippen MR) is 305 cm³/mol. The molecule has 0 aliphatic heterocycles. The van der Waals surface area contributed by atoms with Crippen molar-refractivity contribution in [1.29, 1.82) is 0 Å². The fraction of sp³-hybridized carbons (Fsp3) is 0.742. The van der Waals surface area contributed by atoms with Gasteiger partial charge in [-0.15, -0.1) is 0 Å². The minimum atomic E-state index is -4.64. The number of hydrogen-bond donors (Lipinski definition) is 0. The van der Waals surface area contributed by atoms with Crippen molar-refractivity contribution in [3.8, 4) is 0 Å². The van der Waals surface area contributed by atoms with E-state index in [2.05, 4.69) is 98.9 Å². The lowest BCUT2D eigenvalue weighted by atomic mass is 10.0. The lowest BCUT2D eigenvalue weighted by Crippen LogP contribution is -2.37. The van der Waals surface area contributed by atoms with Gasteiger partial charge in [-0.1, -0.05) is 227 Å². The van der Waals surface area contributed by atoms with Gasteiger partial charge in [-0.25, -0.2) is 0 Å². The summed E-state index contributed by atoms with van der Waals surface area (Å²) in [4.78, 5) is 37.8. The standard InChI is InChI=1S/C62H110NO8P/c1-6-8-10-12-14-16-18-20-22-23-24-25-26-27-28-29-30-31-32-33-34-35-36-37-38-39-41-43-45-47-49-51-53-55-62(65)71-60(59-70-72(66,67)69-57-56-63(3,4)5)58-68-61(64)54-52-50-48-46-44-42-40-21-19-17-15-13-11-9-7-2/h8,10,14,16,20-22,24-25,27-28,30-31,40,60H,6-7,9,11-13,15,17-19,23,26,29,32-39,41-59H2,1-5H3/b10-8-,16-14-,22-20-,25-24-,28-27-,31-30-,40-21-. The summed E-state index contributed by atoms with van der Waals surface area (Å²) in [6, 6.07) is 0. The Morgan fingerprint density at radius 1 is 0.444 bits per heavy atom. The number of ether oxygens (including phenoxy) is 2. The maximum atomic E-state index is 12.8. The topological polar surface area (TPSA) is 111 Å². The Hall–Kier alpha value is -2.81. The van der Waals surface area contributed by atoms with E-state index in [0.29, 0.717) is 17.4 Å². The van der Waals surface area contributed by atoms with Crippen LogP contribution in [0.4, 0.5) is 0 Å². The minimum absolute atomic E-state index is 0.0343. The fourth-order valence-corrected chi connectivity index (χ4v) is 8.62. The van der Waals surface area contributed by atoms with Gasteiger partial charge in [-0.2, -0.15) is 0 Å². The lowest BCUT2D eigenvalue weighted by molar-refractivity contribution is -0.870. The van der Waals surface area contributed by atoms with E-state index in [1.165, 1.54) is 116 Å². The molecule has 0 amide bonds. The van der Waals surface area contributed by atoms with E-state index in [9.17, 15) is 19.0 Å². The number of likely N-dealkylation sites (N-methyl/N-ethyl adjacent to an activating group) is 1. The molecular formula is C62H110NO8P. The van der Waals surface area contributed by atoms with Gasteiger partial charge in [-0.3, -0.25) is 14.2 Å². The molecule has 0 fully saturated rings. The van der Waals surface area contributed by atoms with Crippen molar-refractivity contribution in [1.82, 2.24) is 0 Å². The van der Waals surface area contributed by atoms with Crippen LogP contribution in [0.15, 0.2) is 85.1 Å². The molecule has 0 saturated heterocycles. The van der Waals surface area contributed by atoms with Gasteiger partial charge >= 0.3 is 11.9 Å². The highest BCUT2D eigenvalue weighted by molar-refractivity contribution is 7.45. The number of esters is 2. The number of rotatable bonds is 53. The third-order valence-corrected chi connectivity index (χ3v) is 13.4. The normalized spacial score (nSPS) is 13.9. The Kier molecular flexibility index (Phi) is 51.0. The molecule has 72 heavy (non-hydrogen) atoms. The van der Waals surface area contributed by atoms with Crippen molar-refractivity contribution in [2.45, 2.75) is 251 Å². The van der Waals surface area contributed by atoms with Crippen LogP contribution in [0.25, 0.3) is 0 Å². The summed E-state index contributed by atoms with van der Waals surface area (Å²) in [6.07, 6.45) is 70.6. The molecule has 9 nitrogen and oxygen atoms in total. The SMILES string of the molecule is CC/C=C\C/C=C\C/C=C\C/C=C\C/C=C\C/C=C\CCCCCCCCCCCCCCCCC(=O)OC(COC(=O)CCCCCCC/C=C\CCCCCCCC)COP(=O)([O-])OCC[N+](C)(C)C. The Labute approximate surface area is 443 Å². The van der Waals surface area contributed by atoms with Gasteiger partial charge in [0.2, 0.25) is 0 Å².